The zero-order valence-electron chi connectivity index (χ0n) is 9.94. The summed E-state index contributed by atoms with van der Waals surface area (Å²) >= 11 is 0. The number of carboxylic acids is 1. The number of nitrogens with zero attached hydrogens (tertiary/aromatic N) is 1. The molecule has 1 rings (SSSR count). The van der Waals surface area contributed by atoms with Gasteiger partial charge >= 0.3 is 5.97 Å². The third-order valence-corrected chi connectivity index (χ3v) is 2.59. The van der Waals surface area contributed by atoms with Crippen molar-refractivity contribution in [1.29, 1.82) is 0 Å². The first kappa shape index (κ1) is 13.0. The van der Waals surface area contributed by atoms with Crippen LogP contribution >= 0.6 is 0 Å². The van der Waals surface area contributed by atoms with Crippen molar-refractivity contribution in [3.8, 4) is 0 Å². The summed E-state index contributed by atoms with van der Waals surface area (Å²) in [6.07, 6.45) is 3.28. The van der Waals surface area contributed by atoms with E-state index in [9.17, 15) is 9.59 Å². The molecule has 0 fully saturated rings. The first-order chi connectivity index (χ1) is 7.93. The number of hydrogen-bond acceptors (Lipinski definition) is 3. The zero-order valence-corrected chi connectivity index (χ0v) is 9.94. The van der Waals surface area contributed by atoms with Crippen molar-refractivity contribution in [2.24, 2.45) is 0 Å². The summed E-state index contributed by atoms with van der Waals surface area (Å²) < 4.78 is 0. The van der Waals surface area contributed by atoms with E-state index >= 15 is 0 Å². The van der Waals surface area contributed by atoms with E-state index < -0.39 is 11.9 Å². The summed E-state index contributed by atoms with van der Waals surface area (Å²) in [6, 6.07) is -0.224. The van der Waals surface area contributed by atoms with Crippen molar-refractivity contribution >= 4 is 11.9 Å². The number of hydrogen-bond donors (Lipinski definition) is 3. The lowest BCUT2D eigenvalue weighted by Gasteiger charge is -2.12. The lowest BCUT2D eigenvalue weighted by Crippen LogP contribution is -2.28. The highest BCUT2D eigenvalue weighted by molar-refractivity contribution is 6.01. The second-order valence-electron chi connectivity index (χ2n) is 3.78. The lowest BCUT2D eigenvalue weighted by molar-refractivity contribution is -0.133. The van der Waals surface area contributed by atoms with Crippen molar-refractivity contribution in [3.63, 3.8) is 0 Å². The number of aromatic nitrogens is 2. The minimum Gasteiger partial charge on any atom is -0.478 e. The molecular weight excluding hydrogens is 222 g/mol. The topological polar surface area (TPSA) is 95.1 Å². The Balaban J connectivity index is 2.74. The number of nitrogens with one attached hydrogen (secondary N) is 2. The van der Waals surface area contributed by atoms with E-state index in [1.165, 1.54) is 13.8 Å². The number of carboxylic acid groups (broad SMARTS) is 1. The highest BCUT2D eigenvalue weighted by atomic mass is 16.4. The van der Waals surface area contributed by atoms with Gasteiger partial charge in [0.1, 0.15) is 0 Å². The van der Waals surface area contributed by atoms with Crippen molar-refractivity contribution in [1.82, 2.24) is 15.5 Å². The molecule has 1 aromatic rings. The van der Waals surface area contributed by atoms with Gasteiger partial charge in [-0.05, 0) is 20.8 Å². The van der Waals surface area contributed by atoms with Crippen molar-refractivity contribution < 1.29 is 14.7 Å². The number of rotatable bonds is 4. The van der Waals surface area contributed by atoms with Gasteiger partial charge in [-0.1, -0.05) is 0 Å². The molecule has 6 heteroatoms. The molecule has 0 saturated heterocycles. The Labute approximate surface area is 98.7 Å². The molecule has 0 aliphatic heterocycles. The first-order valence-electron chi connectivity index (χ1n) is 5.13. The maximum atomic E-state index is 11.7. The quantitative estimate of drug-likeness (QED) is 0.681. The summed E-state index contributed by atoms with van der Waals surface area (Å²) in [5.74, 6) is -1.48. The molecule has 0 radical (unpaired) electrons. The Hall–Kier alpha value is -2.11. The Morgan fingerprint density at radius 3 is 2.53 bits per heavy atom. The summed E-state index contributed by atoms with van der Waals surface area (Å²) in [6.45, 7) is 4.69. The van der Waals surface area contributed by atoms with Crippen LogP contribution in [0.2, 0.25) is 0 Å². The standard InChI is InChI=1S/C11H15N3O3/c1-6(7(2)11(16)17)10(15)14-8(3)9-4-12-13-5-9/h4-5,8H,1-3H3,(H,12,13)(H,14,15)(H,16,17). The van der Waals surface area contributed by atoms with Crippen molar-refractivity contribution in [3.05, 3.63) is 29.1 Å². The summed E-state index contributed by atoms with van der Waals surface area (Å²) in [5.41, 5.74) is 1.08. The van der Waals surface area contributed by atoms with Crippen LogP contribution < -0.4 is 5.32 Å². The second kappa shape index (κ2) is 5.29. The van der Waals surface area contributed by atoms with Crippen LogP contribution in [0.1, 0.15) is 32.4 Å². The van der Waals surface area contributed by atoms with Gasteiger partial charge < -0.3 is 10.4 Å². The number of aliphatic carboxylic acids is 1. The average Bonchev–Trinajstić information content (AvgIpc) is 2.80. The van der Waals surface area contributed by atoms with Crippen LogP contribution in [0.25, 0.3) is 0 Å². The fourth-order valence-corrected chi connectivity index (χ4v) is 1.22. The molecule has 0 aliphatic rings. The molecule has 0 aromatic carbocycles. The molecule has 0 saturated carbocycles. The summed E-state index contributed by atoms with van der Waals surface area (Å²) in [7, 11) is 0. The van der Waals surface area contributed by atoms with Gasteiger partial charge in [0.2, 0.25) is 5.91 Å². The molecule has 17 heavy (non-hydrogen) atoms. The van der Waals surface area contributed by atoms with Crippen LogP contribution in [0, 0.1) is 0 Å². The number of H-pyrrole nitrogens is 1. The molecule has 3 N–H and O–H groups in total. The monoisotopic (exact) mass is 237 g/mol. The van der Waals surface area contributed by atoms with Gasteiger partial charge in [-0.3, -0.25) is 9.89 Å². The van der Waals surface area contributed by atoms with Crippen LogP contribution in [0.5, 0.6) is 0 Å². The maximum absolute atomic E-state index is 11.7. The Morgan fingerprint density at radius 2 is 2.06 bits per heavy atom. The molecule has 1 aromatic heterocycles. The highest BCUT2D eigenvalue weighted by Crippen LogP contribution is 2.11. The van der Waals surface area contributed by atoms with Crippen LogP contribution in [0.3, 0.4) is 0 Å². The zero-order chi connectivity index (χ0) is 13.0. The molecule has 0 aliphatic carbocycles. The highest BCUT2D eigenvalue weighted by Gasteiger charge is 2.15. The van der Waals surface area contributed by atoms with E-state index in [0.29, 0.717) is 0 Å². The third-order valence-electron chi connectivity index (χ3n) is 2.59. The molecule has 1 heterocycles. The molecule has 92 valence electrons. The maximum Gasteiger partial charge on any atom is 0.331 e. The van der Waals surface area contributed by atoms with Crippen LogP contribution in [-0.4, -0.2) is 27.2 Å². The van der Waals surface area contributed by atoms with E-state index in [2.05, 4.69) is 15.5 Å². The number of aromatic amines is 1. The predicted molar refractivity (Wildman–Crippen MR) is 61.2 cm³/mol. The van der Waals surface area contributed by atoms with Gasteiger partial charge in [0.05, 0.1) is 12.2 Å². The van der Waals surface area contributed by atoms with E-state index in [-0.39, 0.29) is 17.2 Å². The summed E-state index contributed by atoms with van der Waals surface area (Å²) in [4.78, 5) is 22.4. The van der Waals surface area contributed by atoms with Crippen LogP contribution in [-0.2, 0) is 9.59 Å². The third kappa shape index (κ3) is 3.17. The minimum absolute atomic E-state index is 0.0434. The summed E-state index contributed by atoms with van der Waals surface area (Å²) in [5, 5.41) is 17.9. The molecule has 1 amide bonds. The molecular formula is C11H15N3O3. The fraction of sp³-hybridized carbons (Fsp3) is 0.364. The Bertz CT molecular complexity index is 449. The van der Waals surface area contributed by atoms with Gasteiger partial charge in [0, 0.05) is 22.9 Å². The van der Waals surface area contributed by atoms with Gasteiger partial charge in [-0.25, -0.2) is 4.79 Å². The smallest absolute Gasteiger partial charge is 0.331 e. The SMILES string of the molecule is CC(C(=O)O)=C(C)C(=O)NC(C)c1cn[nH]c1. The Kier molecular flexibility index (Phi) is 4.03. The lowest BCUT2D eigenvalue weighted by atomic mass is 10.1. The van der Waals surface area contributed by atoms with Gasteiger partial charge in [0.15, 0.2) is 0 Å². The van der Waals surface area contributed by atoms with Crippen LogP contribution in [0.4, 0.5) is 0 Å². The van der Waals surface area contributed by atoms with E-state index in [1.54, 1.807) is 19.3 Å². The largest absolute Gasteiger partial charge is 0.478 e. The Morgan fingerprint density at radius 1 is 1.41 bits per heavy atom. The minimum atomic E-state index is -1.09. The molecule has 6 nitrogen and oxygen atoms in total. The normalized spacial score (nSPS) is 13.8. The second-order valence-corrected chi connectivity index (χ2v) is 3.78. The van der Waals surface area contributed by atoms with Gasteiger partial charge in [-0.15, -0.1) is 0 Å². The molecule has 0 spiro atoms. The van der Waals surface area contributed by atoms with Crippen molar-refractivity contribution in [2.75, 3.05) is 0 Å². The van der Waals surface area contributed by atoms with Crippen LogP contribution in [0.15, 0.2) is 23.5 Å². The number of amides is 1. The van der Waals surface area contributed by atoms with Gasteiger partial charge in [0.25, 0.3) is 0 Å². The predicted octanol–water partition coefficient (Wildman–Crippen LogP) is 1.01. The molecule has 1 atom stereocenters. The van der Waals surface area contributed by atoms with Gasteiger partial charge in [-0.2, -0.15) is 5.10 Å². The number of carbonyl (C=O) groups is 2. The fourth-order valence-electron chi connectivity index (χ4n) is 1.22. The van der Waals surface area contributed by atoms with E-state index in [1.807, 2.05) is 0 Å². The number of carbonyl (C=O) groups excluding carboxylic acids is 1. The van der Waals surface area contributed by atoms with Crippen molar-refractivity contribution in [2.45, 2.75) is 26.8 Å². The molecule has 1 unspecified atom stereocenters. The average molecular weight is 237 g/mol. The van der Waals surface area contributed by atoms with E-state index in [4.69, 9.17) is 5.11 Å². The molecule has 0 bridgehead atoms. The van der Waals surface area contributed by atoms with E-state index in [0.717, 1.165) is 5.56 Å². The first-order valence-corrected chi connectivity index (χ1v) is 5.13.